The minimum atomic E-state index is 0. The minimum absolute atomic E-state index is 0. The van der Waals surface area contributed by atoms with E-state index >= 15 is 0 Å². The first-order valence-corrected chi connectivity index (χ1v) is 9.75. The average Bonchev–Trinajstić information content (AvgIpc) is 3.08. The number of hydrogen-bond acceptors (Lipinski definition) is 4. The summed E-state index contributed by atoms with van der Waals surface area (Å²) in [6, 6.07) is 0.294. The zero-order valence-electron chi connectivity index (χ0n) is 16.5. The van der Waals surface area contributed by atoms with Gasteiger partial charge >= 0.3 is 0 Å². The number of ether oxygens (including phenoxy) is 1. The number of hydrogen-bond donors (Lipinski definition) is 2. The maximum absolute atomic E-state index is 11.8. The number of aliphatic imine (C=N–C) groups is 1. The van der Waals surface area contributed by atoms with Gasteiger partial charge in [-0.05, 0) is 19.3 Å². The van der Waals surface area contributed by atoms with E-state index < -0.39 is 0 Å². The Kier molecular flexibility index (Phi) is 11.5. The van der Waals surface area contributed by atoms with Gasteiger partial charge in [0.25, 0.3) is 0 Å². The highest BCUT2D eigenvalue weighted by Gasteiger charge is 2.25. The van der Waals surface area contributed by atoms with Crippen LogP contribution < -0.4 is 10.6 Å². The predicted octanol–water partition coefficient (Wildman–Crippen LogP) is 1.14. The van der Waals surface area contributed by atoms with Crippen LogP contribution in [0.1, 0.15) is 33.6 Å². The normalized spacial score (nSPS) is 22.7. The molecule has 8 heteroatoms. The van der Waals surface area contributed by atoms with Gasteiger partial charge in [-0.25, -0.2) is 0 Å². The Labute approximate surface area is 175 Å². The summed E-state index contributed by atoms with van der Waals surface area (Å²) >= 11 is 0. The number of nitrogens with one attached hydrogen (secondary N) is 2. The molecule has 2 N–H and O–H groups in total. The second kappa shape index (κ2) is 12.7. The Hall–Kier alpha value is -0.610. The van der Waals surface area contributed by atoms with E-state index in [9.17, 15) is 4.79 Å². The van der Waals surface area contributed by atoms with Crippen LogP contribution >= 0.6 is 24.0 Å². The molecule has 2 atom stereocenters. The van der Waals surface area contributed by atoms with Crippen molar-refractivity contribution in [1.82, 2.24) is 20.4 Å². The van der Waals surface area contributed by atoms with Crippen molar-refractivity contribution in [2.24, 2.45) is 10.9 Å². The standard InChI is InChI=1S/C18H35N5O2.HI/c1-4-17(24)23-7-6-16(14-23)21-18(19-5-2)20-12-15(3)13-22-8-10-25-11-9-22;/h15-16H,4-14H2,1-3H3,(H2,19,20,21);1H. The number of morpholine rings is 1. The van der Waals surface area contributed by atoms with Crippen molar-refractivity contribution in [3.63, 3.8) is 0 Å². The number of nitrogens with zero attached hydrogens (tertiary/aromatic N) is 3. The number of amides is 1. The van der Waals surface area contributed by atoms with E-state index in [0.717, 1.165) is 71.4 Å². The van der Waals surface area contributed by atoms with Crippen LogP contribution in [0.5, 0.6) is 0 Å². The van der Waals surface area contributed by atoms with Crippen molar-refractivity contribution < 1.29 is 9.53 Å². The van der Waals surface area contributed by atoms with E-state index in [1.807, 2.05) is 11.8 Å². The van der Waals surface area contributed by atoms with Crippen molar-refractivity contribution in [3.8, 4) is 0 Å². The van der Waals surface area contributed by atoms with Gasteiger partial charge in [-0.2, -0.15) is 0 Å². The monoisotopic (exact) mass is 481 g/mol. The fourth-order valence-electron chi connectivity index (χ4n) is 3.37. The molecule has 2 heterocycles. The third-order valence-corrected chi connectivity index (χ3v) is 4.76. The summed E-state index contributed by atoms with van der Waals surface area (Å²) < 4.78 is 5.40. The predicted molar refractivity (Wildman–Crippen MR) is 116 cm³/mol. The zero-order chi connectivity index (χ0) is 18.1. The lowest BCUT2D eigenvalue weighted by Gasteiger charge is -2.28. The number of likely N-dealkylation sites (tertiary alicyclic amines) is 1. The van der Waals surface area contributed by atoms with Gasteiger partial charge in [0.1, 0.15) is 0 Å². The van der Waals surface area contributed by atoms with E-state index in [-0.39, 0.29) is 29.9 Å². The molecule has 2 aliphatic rings. The lowest BCUT2D eigenvalue weighted by Crippen LogP contribution is -2.45. The SMILES string of the molecule is CCNC(=NCC(C)CN1CCOCC1)NC1CCN(C(=O)CC)C1.I. The molecular formula is C18H36IN5O2. The van der Waals surface area contributed by atoms with Gasteiger partial charge < -0.3 is 20.3 Å². The Morgan fingerprint density at radius 2 is 2.00 bits per heavy atom. The van der Waals surface area contributed by atoms with E-state index in [2.05, 4.69) is 29.4 Å². The first kappa shape index (κ1) is 23.4. The van der Waals surface area contributed by atoms with Gasteiger partial charge in [0.2, 0.25) is 5.91 Å². The fourth-order valence-corrected chi connectivity index (χ4v) is 3.37. The molecular weight excluding hydrogens is 445 g/mol. The second-order valence-electron chi connectivity index (χ2n) is 7.06. The highest BCUT2D eigenvalue weighted by molar-refractivity contribution is 14.0. The van der Waals surface area contributed by atoms with Gasteiger partial charge in [0.05, 0.1) is 13.2 Å². The molecule has 2 rings (SSSR count). The Morgan fingerprint density at radius 3 is 2.65 bits per heavy atom. The molecule has 7 nitrogen and oxygen atoms in total. The van der Waals surface area contributed by atoms with E-state index in [4.69, 9.17) is 9.73 Å². The van der Waals surface area contributed by atoms with Gasteiger partial charge in [0.15, 0.2) is 5.96 Å². The molecule has 0 aromatic rings. The quantitative estimate of drug-likeness (QED) is 0.324. The van der Waals surface area contributed by atoms with E-state index in [1.165, 1.54) is 0 Å². The topological polar surface area (TPSA) is 69.2 Å². The van der Waals surface area contributed by atoms with E-state index in [1.54, 1.807) is 0 Å². The van der Waals surface area contributed by atoms with E-state index in [0.29, 0.717) is 18.4 Å². The average molecular weight is 481 g/mol. The summed E-state index contributed by atoms with van der Waals surface area (Å²) in [5.74, 6) is 1.62. The third kappa shape index (κ3) is 7.96. The van der Waals surface area contributed by atoms with Crippen LogP contribution in [0.2, 0.25) is 0 Å². The zero-order valence-corrected chi connectivity index (χ0v) is 18.8. The fraction of sp³-hybridized carbons (Fsp3) is 0.889. The molecule has 0 aromatic heterocycles. The molecule has 26 heavy (non-hydrogen) atoms. The van der Waals surface area contributed by atoms with Crippen LogP contribution in [-0.2, 0) is 9.53 Å². The van der Waals surface area contributed by atoms with Crippen molar-refractivity contribution in [2.45, 2.75) is 39.7 Å². The lowest BCUT2D eigenvalue weighted by atomic mass is 10.1. The molecule has 2 unspecified atom stereocenters. The number of rotatable bonds is 7. The Morgan fingerprint density at radius 1 is 1.27 bits per heavy atom. The number of carbonyl (C=O) groups is 1. The van der Waals surface area contributed by atoms with Crippen LogP contribution in [0.4, 0.5) is 0 Å². The molecule has 2 fully saturated rings. The molecule has 2 saturated heterocycles. The molecule has 0 bridgehead atoms. The molecule has 152 valence electrons. The van der Waals surface area contributed by atoms with Gasteiger partial charge in [-0.15, -0.1) is 24.0 Å². The largest absolute Gasteiger partial charge is 0.379 e. The van der Waals surface area contributed by atoms with Crippen molar-refractivity contribution >= 4 is 35.8 Å². The summed E-state index contributed by atoms with van der Waals surface area (Å²) in [6.45, 7) is 14.3. The highest BCUT2D eigenvalue weighted by atomic mass is 127. The molecule has 1 amide bonds. The first-order chi connectivity index (χ1) is 12.1. The summed E-state index contributed by atoms with van der Waals surface area (Å²) in [6.07, 6.45) is 1.57. The van der Waals surface area contributed by atoms with Crippen LogP contribution in [0.25, 0.3) is 0 Å². The lowest BCUT2D eigenvalue weighted by molar-refractivity contribution is -0.129. The molecule has 0 aliphatic carbocycles. The summed E-state index contributed by atoms with van der Waals surface area (Å²) in [7, 11) is 0. The van der Waals surface area contributed by atoms with Crippen LogP contribution in [0, 0.1) is 5.92 Å². The first-order valence-electron chi connectivity index (χ1n) is 9.75. The molecule has 0 aromatic carbocycles. The Bertz CT molecular complexity index is 443. The summed E-state index contributed by atoms with van der Waals surface area (Å²) in [5.41, 5.74) is 0. The van der Waals surface area contributed by atoms with Gasteiger partial charge in [0, 0.05) is 58.3 Å². The van der Waals surface area contributed by atoms with Crippen LogP contribution in [-0.4, -0.2) is 86.7 Å². The summed E-state index contributed by atoms with van der Waals surface area (Å²) in [4.78, 5) is 21.0. The van der Waals surface area contributed by atoms with Crippen molar-refractivity contribution in [3.05, 3.63) is 0 Å². The number of halogens is 1. The van der Waals surface area contributed by atoms with Crippen molar-refractivity contribution in [1.29, 1.82) is 0 Å². The highest BCUT2D eigenvalue weighted by Crippen LogP contribution is 2.10. The number of guanidine groups is 1. The van der Waals surface area contributed by atoms with Crippen LogP contribution in [0.15, 0.2) is 4.99 Å². The smallest absolute Gasteiger partial charge is 0.222 e. The Balaban J connectivity index is 0.00000338. The molecule has 0 radical (unpaired) electrons. The molecule has 0 saturated carbocycles. The van der Waals surface area contributed by atoms with Crippen molar-refractivity contribution in [2.75, 3.05) is 59.0 Å². The summed E-state index contributed by atoms with van der Waals surface area (Å²) in [5, 5.41) is 6.82. The second-order valence-corrected chi connectivity index (χ2v) is 7.06. The minimum Gasteiger partial charge on any atom is -0.379 e. The maximum atomic E-state index is 11.8. The molecule has 2 aliphatic heterocycles. The van der Waals surface area contributed by atoms with Crippen LogP contribution in [0.3, 0.4) is 0 Å². The number of carbonyl (C=O) groups excluding carboxylic acids is 1. The maximum Gasteiger partial charge on any atom is 0.222 e. The third-order valence-electron chi connectivity index (χ3n) is 4.76. The van der Waals surface area contributed by atoms with Gasteiger partial charge in [-0.3, -0.25) is 14.7 Å². The van der Waals surface area contributed by atoms with Gasteiger partial charge in [-0.1, -0.05) is 13.8 Å². The molecule has 0 spiro atoms.